The van der Waals surface area contributed by atoms with Gasteiger partial charge in [0.05, 0.1) is 6.67 Å². The van der Waals surface area contributed by atoms with E-state index in [4.69, 9.17) is 5.73 Å². The largest absolute Gasteiger partial charge is 0.313 e. The van der Waals surface area contributed by atoms with Crippen molar-refractivity contribution in [2.45, 2.75) is 0 Å². The first kappa shape index (κ1) is 7.05. The van der Waals surface area contributed by atoms with Crippen molar-refractivity contribution in [1.29, 1.82) is 0 Å². The van der Waals surface area contributed by atoms with Crippen molar-refractivity contribution in [1.82, 2.24) is 15.1 Å². The first-order chi connectivity index (χ1) is 5.90. The van der Waals surface area contributed by atoms with Crippen LogP contribution in [0.4, 0.5) is 0 Å². The fraction of sp³-hybridized carbons (Fsp3) is 0.143. The van der Waals surface area contributed by atoms with Gasteiger partial charge >= 0.3 is 0 Å². The van der Waals surface area contributed by atoms with E-state index >= 15 is 0 Å². The summed E-state index contributed by atoms with van der Waals surface area (Å²) in [6.07, 6.45) is 0. The van der Waals surface area contributed by atoms with E-state index in [0.29, 0.717) is 6.67 Å². The molecular formula is C7H9N5. The number of nitrogens with two attached hydrogens (primary N) is 1. The van der Waals surface area contributed by atoms with Crippen LogP contribution in [-0.2, 0) is 0 Å². The van der Waals surface area contributed by atoms with Crippen LogP contribution in [-0.4, -0.2) is 21.8 Å². The molecule has 0 saturated carbocycles. The molecule has 0 aliphatic carbocycles. The molecule has 0 spiro atoms. The molecule has 0 saturated heterocycles. The monoisotopic (exact) mass is 163 g/mol. The number of hydrogen-bond donors (Lipinski definition) is 2. The predicted molar refractivity (Wildman–Crippen MR) is 45.9 cm³/mol. The first-order valence-corrected chi connectivity index (χ1v) is 3.66. The molecule has 1 heterocycles. The zero-order chi connectivity index (χ0) is 8.39. The lowest BCUT2D eigenvalue weighted by Gasteiger charge is -1.96. The van der Waals surface area contributed by atoms with Crippen LogP contribution in [0.25, 0.3) is 11.0 Å². The maximum absolute atomic E-state index is 5.27. The van der Waals surface area contributed by atoms with Gasteiger partial charge in [-0.1, -0.05) is 17.0 Å². The maximum Gasteiger partial charge on any atom is 0.115 e. The summed E-state index contributed by atoms with van der Waals surface area (Å²) in [5.41, 5.74) is 9.76. The average molecular weight is 163 g/mol. The van der Waals surface area contributed by atoms with Gasteiger partial charge in [-0.2, -0.15) is 0 Å². The summed E-state index contributed by atoms with van der Waals surface area (Å²) in [6.45, 7) is 0.320. The SMILES string of the molecule is NCNn1nc2ccccc2n1. The Morgan fingerprint density at radius 3 is 2.33 bits per heavy atom. The Balaban J connectivity index is 2.47. The highest BCUT2D eigenvalue weighted by atomic mass is 15.7. The molecule has 0 fully saturated rings. The van der Waals surface area contributed by atoms with Gasteiger partial charge in [-0.15, -0.1) is 10.2 Å². The summed E-state index contributed by atoms with van der Waals surface area (Å²) >= 11 is 0. The molecule has 1 aromatic heterocycles. The van der Waals surface area contributed by atoms with Crippen LogP contribution in [0.3, 0.4) is 0 Å². The zero-order valence-corrected chi connectivity index (χ0v) is 6.44. The second-order valence-corrected chi connectivity index (χ2v) is 2.34. The molecule has 5 heteroatoms. The minimum absolute atomic E-state index is 0.320. The summed E-state index contributed by atoms with van der Waals surface area (Å²) in [5, 5.41) is 8.23. The van der Waals surface area contributed by atoms with Gasteiger partial charge in [-0.25, -0.2) is 0 Å². The standard InChI is InChI=1S/C7H9N5/c8-5-9-12-10-6-3-1-2-4-7(6)11-12/h1-4,9H,5,8H2. The molecule has 5 nitrogen and oxygen atoms in total. The molecule has 2 aromatic rings. The summed E-state index contributed by atoms with van der Waals surface area (Å²) < 4.78 is 0. The van der Waals surface area contributed by atoms with Crippen LogP contribution in [0.2, 0.25) is 0 Å². The molecular weight excluding hydrogens is 154 g/mol. The summed E-state index contributed by atoms with van der Waals surface area (Å²) in [4.78, 5) is 1.38. The number of nitrogens with zero attached hydrogens (tertiary/aromatic N) is 3. The Kier molecular flexibility index (Phi) is 1.64. The smallest absolute Gasteiger partial charge is 0.115 e. The number of aromatic nitrogens is 3. The lowest BCUT2D eigenvalue weighted by molar-refractivity contribution is 0.651. The molecule has 2 rings (SSSR count). The summed E-state index contributed by atoms with van der Waals surface area (Å²) in [7, 11) is 0. The van der Waals surface area contributed by atoms with Crippen molar-refractivity contribution in [3.63, 3.8) is 0 Å². The highest BCUT2D eigenvalue weighted by Gasteiger charge is 1.97. The van der Waals surface area contributed by atoms with E-state index in [-0.39, 0.29) is 0 Å². The van der Waals surface area contributed by atoms with E-state index < -0.39 is 0 Å². The molecule has 1 aromatic carbocycles. The third-order valence-electron chi connectivity index (χ3n) is 1.52. The first-order valence-electron chi connectivity index (χ1n) is 3.66. The molecule has 0 unspecified atom stereocenters. The predicted octanol–water partition coefficient (Wildman–Crippen LogP) is -0.109. The van der Waals surface area contributed by atoms with Crippen molar-refractivity contribution >= 4 is 11.0 Å². The second-order valence-electron chi connectivity index (χ2n) is 2.34. The fourth-order valence-corrected chi connectivity index (χ4v) is 1.01. The molecule has 12 heavy (non-hydrogen) atoms. The quantitative estimate of drug-likeness (QED) is 0.606. The van der Waals surface area contributed by atoms with Gasteiger partial charge in [0.1, 0.15) is 11.0 Å². The Labute approximate surface area is 69.1 Å². The molecule has 62 valence electrons. The van der Waals surface area contributed by atoms with Crippen molar-refractivity contribution in [2.75, 3.05) is 12.1 Å². The Hall–Kier alpha value is -1.62. The Morgan fingerprint density at radius 2 is 1.83 bits per heavy atom. The number of nitrogens with one attached hydrogen (secondary N) is 1. The van der Waals surface area contributed by atoms with E-state index in [1.54, 1.807) is 0 Å². The third-order valence-corrected chi connectivity index (χ3v) is 1.52. The van der Waals surface area contributed by atoms with Crippen LogP contribution in [0.1, 0.15) is 0 Å². The molecule has 0 atom stereocenters. The molecule has 0 aliphatic rings. The van der Waals surface area contributed by atoms with Crippen LogP contribution < -0.4 is 11.2 Å². The lowest BCUT2D eigenvalue weighted by Crippen LogP contribution is -2.23. The van der Waals surface area contributed by atoms with Gasteiger partial charge in [-0.05, 0) is 12.1 Å². The van der Waals surface area contributed by atoms with Gasteiger partial charge < -0.3 is 5.73 Å². The normalized spacial score (nSPS) is 10.4. The number of rotatable bonds is 2. The zero-order valence-electron chi connectivity index (χ0n) is 6.44. The highest BCUT2D eigenvalue weighted by Crippen LogP contribution is 2.05. The molecule has 3 N–H and O–H groups in total. The highest BCUT2D eigenvalue weighted by molar-refractivity contribution is 5.72. The Morgan fingerprint density at radius 1 is 1.25 bits per heavy atom. The van der Waals surface area contributed by atoms with E-state index in [0.717, 1.165) is 11.0 Å². The molecule has 0 amide bonds. The topological polar surface area (TPSA) is 68.8 Å². The van der Waals surface area contributed by atoms with Gasteiger partial charge in [0, 0.05) is 0 Å². The number of benzene rings is 1. The van der Waals surface area contributed by atoms with Crippen molar-refractivity contribution in [3.8, 4) is 0 Å². The number of fused-ring (bicyclic) bond motifs is 1. The molecule has 0 bridgehead atoms. The summed E-state index contributed by atoms with van der Waals surface area (Å²) in [5.74, 6) is 0. The van der Waals surface area contributed by atoms with Crippen LogP contribution >= 0.6 is 0 Å². The second kappa shape index (κ2) is 2.78. The minimum Gasteiger partial charge on any atom is -0.313 e. The van der Waals surface area contributed by atoms with E-state index in [9.17, 15) is 0 Å². The maximum atomic E-state index is 5.27. The van der Waals surface area contributed by atoms with Gasteiger partial charge in [-0.3, -0.25) is 5.43 Å². The van der Waals surface area contributed by atoms with Crippen molar-refractivity contribution in [2.24, 2.45) is 5.73 Å². The van der Waals surface area contributed by atoms with Gasteiger partial charge in [0.2, 0.25) is 0 Å². The third kappa shape index (κ3) is 1.10. The van der Waals surface area contributed by atoms with Crippen LogP contribution in [0.15, 0.2) is 24.3 Å². The van der Waals surface area contributed by atoms with Crippen LogP contribution in [0.5, 0.6) is 0 Å². The summed E-state index contributed by atoms with van der Waals surface area (Å²) in [6, 6.07) is 7.64. The fourth-order valence-electron chi connectivity index (χ4n) is 1.01. The van der Waals surface area contributed by atoms with Gasteiger partial charge in [0.15, 0.2) is 0 Å². The van der Waals surface area contributed by atoms with Crippen molar-refractivity contribution < 1.29 is 0 Å². The van der Waals surface area contributed by atoms with E-state index in [1.165, 1.54) is 4.91 Å². The molecule has 0 radical (unpaired) electrons. The number of hydrogen-bond acceptors (Lipinski definition) is 4. The average Bonchev–Trinajstić information content (AvgIpc) is 2.47. The molecule has 0 aliphatic heterocycles. The lowest BCUT2D eigenvalue weighted by atomic mass is 10.3. The van der Waals surface area contributed by atoms with Crippen LogP contribution in [0, 0.1) is 0 Å². The van der Waals surface area contributed by atoms with Gasteiger partial charge in [0.25, 0.3) is 0 Å². The van der Waals surface area contributed by atoms with Crippen molar-refractivity contribution in [3.05, 3.63) is 24.3 Å². The Bertz CT molecular complexity index is 347. The van der Waals surface area contributed by atoms with E-state index in [1.807, 2.05) is 24.3 Å². The van der Waals surface area contributed by atoms with E-state index in [2.05, 4.69) is 15.6 Å². The minimum atomic E-state index is 0.320.